The molecule has 0 aliphatic rings. The van der Waals surface area contributed by atoms with E-state index >= 15 is 0 Å². The zero-order chi connectivity index (χ0) is 16.2. The third-order valence-corrected chi connectivity index (χ3v) is 4.54. The number of amides is 1. The van der Waals surface area contributed by atoms with Crippen LogP contribution in [0.1, 0.15) is 30.5 Å². The van der Waals surface area contributed by atoms with Crippen LogP contribution in [0.2, 0.25) is 0 Å². The first kappa shape index (κ1) is 16.7. The van der Waals surface area contributed by atoms with E-state index in [-0.39, 0.29) is 18.4 Å². The molecule has 0 spiro atoms. The van der Waals surface area contributed by atoms with E-state index in [2.05, 4.69) is 29.6 Å². The van der Waals surface area contributed by atoms with Gasteiger partial charge in [-0.05, 0) is 48.2 Å². The third kappa shape index (κ3) is 4.42. The molecule has 1 amide bonds. The van der Waals surface area contributed by atoms with Gasteiger partial charge in [-0.25, -0.2) is 0 Å². The molecular weight excluding hydrogens is 294 g/mol. The standard InChI is InChI=1S/C18H23NO2S/c1-13-4-6-15(7-5-13)10-14(2)17(20)19-12-18(3,21)16-8-9-22-11-16/h4-9,11,14,21H,10,12H2,1-3H3,(H,19,20). The Kier molecular flexibility index (Phi) is 5.37. The molecule has 2 atom stereocenters. The number of aliphatic hydroxyl groups is 1. The van der Waals surface area contributed by atoms with Crippen molar-refractivity contribution in [3.05, 3.63) is 57.8 Å². The highest BCUT2D eigenvalue weighted by atomic mass is 32.1. The number of thiophene rings is 1. The van der Waals surface area contributed by atoms with E-state index in [1.54, 1.807) is 6.92 Å². The number of carbonyl (C=O) groups excluding carboxylic acids is 1. The van der Waals surface area contributed by atoms with Crippen LogP contribution in [0.5, 0.6) is 0 Å². The largest absolute Gasteiger partial charge is 0.384 e. The molecule has 4 heteroatoms. The van der Waals surface area contributed by atoms with Crippen molar-refractivity contribution >= 4 is 17.2 Å². The predicted molar refractivity (Wildman–Crippen MR) is 90.9 cm³/mol. The van der Waals surface area contributed by atoms with Gasteiger partial charge in [-0.2, -0.15) is 11.3 Å². The van der Waals surface area contributed by atoms with Crippen molar-refractivity contribution in [1.82, 2.24) is 5.32 Å². The molecule has 0 radical (unpaired) electrons. The Hall–Kier alpha value is -1.65. The van der Waals surface area contributed by atoms with Crippen molar-refractivity contribution in [2.75, 3.05) is 6.54 Å². The van der Waals surface area contributed by atoms with E-state index in [0.717, 1.165) is 11.1 Å². The van der Waals surface area contributed by atoms with E-state index in [4.69, 9.17) is 0 Å². The lowest BCUT2D eigenvalue weighted by Gasteiger charge is -2.24. The fourth-order valence-corrected chi connectivity index (χ4v) is 3.06. The molecule has 0 fully saturated rings. The maximum atomic E-state index is 12.2. The predicted octanol–water partition coefficient (Wildman–Crippen LogP) is 3.26. The Labute approximate surface area is 136 Å². The van der Waals surface area contributed by atoms with Crippen molar-refractivity contribution in [2.45, 2.75) is 32.8 Å². The molecule has 2 aromatic rings. The Bertz CT molecular complexity index is 603. The Morgan fingerprint density at radius 3 is 2.59 bits per heavy atom. The summed E-state index contributed by atoms with van der Waals surface area (Å²) in [6.45, 7) is 5.90. The van der Waals surface area contributed by atoms with Gasteiger partial charge in [0.2, 0.25) is 5.91 Å². The van der Waals surface area contributed by atoms with E-state index in [9.17, 15) is 9.90 Å². The van der Waals surface area contributed by atoms with Crippen molar-refractivity contribution in [3.8, 4) is 0 Å². The van der Waals surface area contributed by atoms with Crippen LogP contribution in [0.4, 0.5) is 0 Å². The number of carbonyl (C=O) groups is 1. The second-order valence-corrected chi connectivity index (χ2v) is 6.87. The fourth-order valence-electron chi connectivity index (χ4n) is 2.28. The summed E-state index contributed by atoms with van der Waals surface area (Å²) >= 11 is 1.54. The Morgan fingerprint density at radius 1 is 1.32 bits per heavy atom. The second-order valence-electron chi connectivity index (χ2n) is 6.09. The van der Waals surface area contributed by atoms with Crippen molar-refractivity contribution in [3.63, 3.8) is 0 Å². The first-order chi connectivity index (χ1) is 10.4. The van der Waals surface area contributed by atoms with Gasteiger partial charge in [-0.1, -0.05) is 36.8 Å². The molecule has 2 rings (SSSR count). The zero-order valence-corrected chi connectivity index (χ0v) is 14.1. The van der Waals surface area contributed by atoms with Crippen LogP contribution in [0.15, 0.2) is 41.1 Å². The summed E-state index contributed by atoms with van der Waals surface area (Å²) in [6.07, 6.45) is 0.701. The lowest BCUT2D eigenvalue weighted by atomic mass is 9.97. The Morgan fingerprint density at radius 2 is 2.00 bits per heavy atom. The van der Waals surface area contributed by atoms with Gasteiger partial charge < -0.3 is 10.4 Å². The third-order valence-electron chi connectivity index (χ3n) is 3.86. The lowest BCUT2D eigenvalue weighted by Crippen LogP contribution is -2.40. The number of hydrogen-bond donors (Lipinski definition) is 2. The maximum absolute atomic E-state index is 12.2. The molecule has 2 unspecified atom stereocenters. The number of aryl methyl sites for hydroxylation is 1. The second kappa shape index (κ2) is 7.07. The van der Waals surface area contributed by atoms with Crippen molar-refractivity contribution < 1.29 is 9.90 Å². The fraction of sp³-hybridized carbons (Fsp3) is 0.389. The van der Waals surface area contributed by atoms with Crippen molar-refractivity contribution in [1.29, 1.82) is 0 Å². The van der Waals surface area contributed by atoms with Gasteiger partial charge in [0.25, 0.3) is 0 Å². The molecule has 1 aromatic heterocycles. The minimum absolute atomic E-state index is 0.0314. The van der Waals surface area contributed by atoms with Crippen molar-refractivity contribution in [2.24, 2.45) is 5.92 Å². The molecule has 0 saturated heterocycles. The minimum atomic E-state index is -1.03. The number of rotatable bonds is 6. The lowest BCUT2D eigenvalue weighted by molar-refractivity contribution is -0.125. The summed E-state index contributed by atoms with van der Waals surface area (Å²) in [5.41, 5.74) is 2.17. The molecule has 0 saturated carbocycles. The summed E-state index contributed by atoms with van der Waals surface area (Å²) in [7, 11) is 0. The molecular formula is C18H23NO2S. The summed E-state index contributed by atoms with van der Waals surface area (Å²) < 4.78 is 0. The molecule has 22 heavy (non-hydrogen) atoms. The summed E-state index contributed by atoms with van der Waals surface area (Å²) in [6, 6.07) is 10.1. The van der Waals surface area contributed by atoms with Gasteiger partial charge >= 0.3 is 0 Å². The normalized spacial score (nSPS) is 15.1. The van der Waals surface area contributed by atoms with Gasteiger partial charge in [0, 0.05) is 5.92 Å². The monoisotopic (exact) mass is 317 g/mol. The molecule has 3 nitrogen and oxygen atoms in total. The molecule has 118 valence electrons. The molecule has 1 heterocycles. The van der Waals surface area contributed by atoms with E-state index in [1.165, 1.54) is 16.9 Å². The van der Waals surface area contributed by atoms with E-state index < -0.39 is 5.60 Å². The molecule has 1 aromatic carbocycles. The van der Waals surface area contributed by atoms with Crippen LogP contribution in [0, 0.1) is 12.8 Å². The zero-order valence-electron chi connectivity index (χ0n) is 13.3. The van der Waals surface area contributed by atoms with Crippen LogP contribution in [0.25, 0.3) is 0 Å². The van der Waals surface area contributed by atoms with Crippen LogP contribution < -0.4 is 5.32 Å². The SMILES string of the molecule is Cc1ccc(CC(C)C(=O)NCC(C)(O)c2ccsc2)cc1. The highest BCUT2D eigenvalue weighted by Crippen LogP contribution is 2.22. The number of benzene rings is 1. The van der Waals surface area contributed by atoms with Crippen LogP contribution in [0.3, 0.4) is 0 Å². The van der Waals surface area contributed by atoms with Gasteiger partial charge in [0.05, 0.1) is 6.54 Å². The van der Waals surface area contributed by atoms with Gasteiger partial charge in [0.15, 0.2) is 0 Å². The van der Waals surface area contributed by atoms with Crippen LogP contribution in [-0.2, 0) is 16.8 Å². The molecule has 2 N–H and O–H groups in total. The quantitative estimate of drug-likeness (QED) is 0.859. The summed E-state index contributed by atoms with van der Waals surface area (Å²) in [5.74, 6) is -0.155. The van der Waals surface area contributed by atoms with Crippen LogP contribution in [-0.4, -0.2) is 17.6 Å². The molecule has 0 bridgehead atoms. The summed E-state index contributed by atoms with van der Waals surface area (Å²) in [4.78, 5) is 12.2. The molecule has 0 aliphatic carbocycles. The highest BCUT2D eigenvalue weighted by Gasteiger charge is 2.25. The van der Waals surface area contributed by atoms with Gasteiger partial charge in [-0.15, -0.1) is 0 Å². The summed E-state index contributed by atoms with van der Waals surface area (Å²) in [5, 5.41) is 17.1. The van der Waals surface area contributed by atoms with Crippen LogP contribution >= 0.6 is 11.3 Å². The maximum Gasteiger partial charge on any atom is 0.223 e. The smallest absolute Gasteiger partial charge is 0.223 e. The highest BCUT2D eigenvalue weighted by molar-refractivity contribution is 7.08. The first-order valence-corrected chi connectivity index (χ1v) is 8.41. The van der Waals surface area contributed by atoms with Gasteiger partial charge in [0.1, 0.15) is 5.60 Å². The number of nitrogens with one attached hydrogen (secondary N) is 1. The average molecular weight is 317 g/mol. The first-order valence-electron chi connectivity index (χ1n) is 7.47. The average Bonchev–Trinajstić information content (AvgIpc) is 3.02. The number of hydrogen-bond acceptors (Lipinski definition) is 3. The van der Waals surface area contributed by atoms with Gasteiger partial charge in [-0.3, -0.25) is 4.79 Å². The minimum Gasteiger partial charge on any atom is -0.384 e. The molecule has 0 aliphatic heterocycles. The van der Waals surface area contributed by atoms with E-state index in [1.807, 2.05) is 30.7 Å². The topological polar surface area (TPSA) is 49.3 Å². The van der Waals surface area contributed by atoms with E-state index in [0.29, 0.717) is 6.42 Å². The Balaban J connectivity index is 1.87.